The second kappa shape index (κ2) is 5.07. The lowest BCUT2D eigenvalue weighted by Gasteiger charge is -2.16. The van der Waals surface area contributed by atoms with Crippen molar-refractivity contribution < 1.29 is 14.4 Å². The fourth-order valence-electron chi connectivity index (χ4n) is 1.19. The number of hydrogen-bond acceptors (Lipinski definition) is 3. The normalized spacial score (nSPS) is 13.9. The third-order valence-corrected chi connectivity index (χ3v) is 2.99. The Morgan fingerprint density at radius 3 is 2.33 bits per heavy atom. The van der Waals surface area contributed by atoms with Crippen LogP contribution in [-0.2, 0) is 4.57 Å². The summed E-state index contributed by atoms with van der Waals surface area (Å²) in [6.07, 6.45) is -0.342. The minimum atomic E-state index is -4.09. The summed E-state index contributed by atoms with van der Waals surface area (Å²) >= 11 is 5.69. The van der Waals surface area contributed by atoms with E-state index < -0.39 is 13.6 Å². The first-order valence-corrected chi connectivity index (χ1v) is 6.36. The number of benzene rings is 1. The summed E-state index contributed by atoms with van der Waals surface area (Å²) in [5.74, 6) is 5.22. The molecular formula is C8H12ClN2O3P. The average Bonchev–Trinajstić information content (AvgIpc) is 2.14. The third kappa shape index (κ3) is 4.30. The molecule has 0 heterocycles. The predicted molar refractivity (Wildman–Crippen MR) is 58.4 cm³/mol. The summed E-state index contributed by atoms with van der Waals surface area (Å²) in [4.78, 5) is 17.6. The Bertz CT molecular complexity index is 365. The Morgan fingerprint density at radius 2 is 1.93 bits per heavy atom. The van der Waals surface area contributed by atoms with Crippen molar-refractivity contribution in [2.75, 3.05) is 6.16 Å². The number of nitrogens with two attached hydrogens (primary N) is 1. The maximum Gasteiger partial charge on any atom is 0.327 e. The first-order chi connectivity index (χ1) is 6.92. The standard InChI is InChI=1S/C8H12ClN2O3P/c9-7-3-1-6(2-4-7)8(11-10)5-15(12,13)14/h1-4,8,11H,5,10H2,(H2,12,13,14). The molecule has 0 saturated carbocycles. The van der Waals surface area contributed by atoms with Crippen molar-refractivity contribution in [1.29, 1.82) is 0 Å². The van der Waals surface area contributed by atoms with Crippen LogP contribution < -0.4 is 11.3 Å². The minimum absolute atomic E-state index is 0.342. The van der Waals surface area contributed by atoms with Gasteiger partial charge in [0.05, 0.1) is 12.2 Å². The Kier molecular flexibility index (Phi) is 4.28. The van der Waals surface area contributed by atoms with Gasteiger partial charge in [-0.3, -0.25) is 15.8 Å². The van der Waals surface area contributed by atoms with E-state index in [2.05, 4.69) is 5.43 Å². The molecule has 84 valence electrons. The maximum absolute atomic E-state index is 10.8. The summed E-state index contributed by atoms with van der Waals surface area (Å²) in [5.41, 5.74) is 3.04. The second-order valence-electron chi connectivity index (χ2n) is 3.12. The maximum atomic E-state index is 10.8. The Hall–Kier alpha value is -0.420. The van der Waals surface area contributed by atoms with Crippen LogP contribution in [0, 0.1) is 0 Å². The highest BCUT2D eigenvalue weighted by molar-refractivity contribution is 7.51. The van der Waals surface area contributed by atoms with Gasteiger partial charge in [0.1, 0.15) is 0 Å². The van der Waals surface area contributed by atoms with Gasteiger partial charge in [-0.1, -0.05) is 23.7 Å². The van der Waals surface area contributed by atoms with Gasteiger partial charge in [-0.25, -0.2) is 0 Å². The molecule has 0 bridgehead atoms. The average molecular weight is 251 g/mol. The molecule has 0 saturated heterocycles. The van der Waals surface area contributed by atoms with Gasteiger partial charge in [-0.15, -0.1) is 0 Å². The molecule has 7 heteroatoms. The van der Waals surface area contributed by atoms with Crippen molar-refractivity contribution in [3.05, 3.63) is 34.9 Å². The lowest BCUT2D eigenvalue weighted by molar-refractivity contribution is 0.364. The molecule has 1 atom stereocenters. The zero-order chi connectivity index (χ0) is 11.5. The lowest BCUT2D eigenvalue weighted by Crippen LogP contribution is -2.30. The SMILES string of the molecule is NNC(CP(=O)(O)O)c1ccc(Cl)cc1. The topological polar surface area (TPSA) is 95.6 Å². The van der Waals surface area contributed by atoms with Crippen LogP contribution in [0.4, 0.5) is 0 Å². The Morgan fingerprint density at radius 1 is 1.40 bits per heavy atom. The summed E-state index contributed by atoms with van der Waals surface area (Å²) in [7, 11) is -4.09. The number of nitrogens with one attached hydrogen (secondary N) is 1. The zero-order valence-corrected chi connectivity index (χ0v) is 9.45. The Labute approximate surface area is 92.4 Å². The summed E-state index contributed by atoms with van der Waals surface area (Å²) in [5, 5.41) is 0.561. The molecular weight excluding hydrogens is 239 g/mol. The van der Waals surface area contributed by atoms with Gasteiger partial charge >= 0.3 is 7.60 Å². The first-order valence-electron chi connectivity index (χ1n) is 4.18. The molecule has 0 aliphatic rings. The van der Waals surface area contributed by atoms with Crippen LogP contribution >= 0.6 is 19.2 Å². The second-order valence-corrected chi connectivity index (χ2v) is 5.25. The molecule has 1 aromatic carbocycles. The molecule has 5 nitrogen and oxygen atoms in total. The van der Waals surface area contributed by atoms with E-state index in [1.807, 2.05) is 0 Å². The van der Waals surface area contributed by atoms with Crippen molar-refractivity contribution in [2.24, 2.45) is 5.84 Å². The van der Waals surface area contributed by atoms with Crippen LogP contribution in [0.1, 0.15) is 11.6 Å². The Balaban J connectivity index is 2.83. The summed E-state index contributed by atoms with van der Waals surface area (Å²) in [6, 6.07) is 6.04. The number of rotatable bonds is 4. The highest BCUT2D eigenvalue weighted by atomic mass is 35.5. The third-order valence-electron chi connectivity index (χ3n) is 1.89. The number of halogens is 1. The number of hydrogen-bond donors (Lipinski definition) is 4. The molecule has 0 amide bonds. The van der Waals surface area contributed by atoms with Gasteiger partial charge < -0.3 is 9.79 Å². The minimum Gasteiger partial charge on any atom is -0.324 e. The molecule has 0 aromatic heterocycles. The van der Waals surface area contributed by atoms with Crippen LogP contribution in [0.5, 0.6) is 0 Å². The molecule has 0 fully saturated rings. The van der Waals surface area contributed by atoms with Gasteiger partial charge in [0.25, 0.3) is 0 Å². The summed E-state index contributed by atoms with van der Waals surface area (Å²) < 4.78 is 10.8. The van der Waals surface area contributed by atoms with Gasteiger partial charge in [-0.05, 0) is 17.7 Å². The van der Waals surface area contributed by atoms with Crippen LogP contribution in [0.2, 0.25) is 5.02 Å². The van der Waals surface area contributed by atoms with Crippen LogP contribution in [0.3, 0.4) is 0 Å². The fourth-order valence-corrected chi connectivity index (χ4v) is 2.11. The van der Waals surface area contributed by atoms with E-state index in [0.717, 1.165) is 0 Å². The van der Waals surface area contributed by atoms with E-state index in [0.29, 0.717) is 10.6 Å². The van der Waals surface area contributed by atoms with Crippen molar-refractivity contribution in [2.45, 2.75) is 6.04 Å². The highest BCUT2D eigenvalue weighted by Gasteiger charge is 2.21. The van der Waals surface area contributed by atoms with E-state index in [1.165, 1.54) is 0 Å². The first kappa shape index (κ1) is 12.6. The molecule has 0 aliphatic heterocycles. The molecule has 15 heavy (non-hydrogen) atoms. The summed E-state index contributed by atoms with van der Waals surface area (Å²) in [6.45, 7) is 0. The van der Waals surface area contributed by atoms with Crippen molar-refractivity contribution in [3.63, 3.8) is 0 Å². The molecule has 1 aromatic rings. The molecule has 1 rings (SSSR count). The van der Waals surface area contributed by atoms with Gasteiger partial charge in [0.2, 0.25) is 0 Å². The van der Waals surface area contributed by atoms with Crippen LogP contribution in [0.15, 0.2) is 24.3 Å². The van der Waals surface area contributed by atoms with Gasteiger partial charge in [0, 0.05) is 5.02 Å². The van der Waals surface area contributed by atoms with E-state index in [1.54, 1.807) is 24.3 Å². The number of hydrazine groups is 1. The van der Waals surface area contributed by atoms with Crippen molar-refractivity contribution in [1.82, 2.24) is 5.43 Å². The molecule has 5 N–H and O–H groups in total. The van der Waals surface area contributed by atoms with Crippen LogP contribution in [-0.4, -0.2) is 15.9 Å². The van der Waals surface area contributed by atoms with Gasteiger partial charge in [-0.2, -0.15) is 0 Å². The smallest absolute Gasteiger partial charge is 0.324 e. The zero-order valence-electron chi connectivity index (χ0n) is 7.80. The molecule has 0 radical (unpaired) electrons. The van der Waals surface area contributed by atoms with Crippen molar-refractivity contribution >= 4 is 19.2 Å². The predicted octanol–water partition coefficient (Wildman–Crippen LogP) is 1.02. The largest absolute Gasteiger partial charge is 0.327 e. The highest BCUT2D eigenvalue weighted by Crippen LogP contribution is 2.38. The monoisotopic (exact) mass is 250 g/mol. The van der Waals surface area contributed by atoms with E-state index in [4.69, 9.17) is 27.2 Å². The van der Waals surface area contributed by atoms with Crippen molar-refractivity contribution in [3.8, 4) is 0 Å². The van der Waals surface area contributed by atoms with E-state index >= 15 is 0 Å². The van der Waals surface area contributed by atoms with Gasteiger partial charge in [0.15, 0.2) is 0 Å². The quantitative estimate of drug-likeness (QED) is 0.364. The van der Waals surface area contributed by atoms with E-state index in [-0.39, 0.29) is 6.16 Å². The molecule has 0 aliphatic carbocycles. The lowest BCUT2D eigenvalue weighted by atomic mass is 10.1. The van der Waals surface area contributed by atoms with E-state index in [9.17, 15) is 4.57 Å². The molecule has 0 spiro atoms. The fraction of sp³-hybridized carbons (Fsp3) is 0.250. The van der Waals surface area contributed by atoms with Crippen LogP contribution in [0.25, 0.3) is 0 Å². The molecule has 1 unspecified atom stereocenters.